The Morgan fingerprint density at radius 3 is 2.54 bits per heavy atom. The molecule has 1 aliphatic rings. The molecule has 3 amide bonds. The van der Waals surface area contributed by atoms with Crippen LogP contribution < -0.4 is 10.6 Å². The van der Waals surface area contributed by atoms with Gasteiger partial charge in [-0.05, 0) is 37.0 Å². The van der Waals surface area contributed by atoms with E-state index in [4.69, 9.17) is 0 Å². The van der Waals surface area contributed by atoms with Crippen LogP contribution in [0.4, 0.5) is 5.69 Å². The van der Waals surface area contributed by atoms with Gasteiger partial charge in [0.2, 0.25) is 17.7 Å². The van der Waals surface area contributed by atoms with E-state index in [1.807, 2.05) is 31.2 Å². The van der Waals surface area contributed by atoms with Crippen LogP contribution in [-0.4, -0.2) is 35.2 Å². The second-order valence-electron chi connectivity index (χ2n) is 6.08. The third-order valence-electron chi connectivity index (χ3n) is 4.14. The summed E-state index contributed by atoms with van der Waals surface area (Å²) in [6.45, 7) is 4.52. The number of amides is 3. The van der Waals surface area contributed by atoms with Gasteiger partial charge in [0.15, 0.2) is 0 Å². The van der Waals surface area contributed by atoms with Gasteiger partial charge in [-0.25, -0.2) is 0 Å². The Kier molecular flexibility index (Phi) is 6.35. The normalized spacial score (nSPS) is 16.8. The summed E-state index contributed by atoms with van der Waals surface area (Å²) in [7, 11) is 0. The third kappa shape index (κ3) is 4.81. The molecule has 0 saturated carbocycles. The van der Waals surface area contributed by atoms with Crippen molar-refractivity contribution in [3.63, 3.8) is 0 Å². The fourth-order valence-electron chi connectivity index (χ4n) is 2.88. The summed E-state index contributed by atoms with van der Waals surface area (Å²) in [5.41, 5.74) is 1.70. The van der Waals surface area contributed by atoms with Gasteiger partial charge in [0.05, 0.1) is 0 Å². The average molecular weight is 331 g/mol. The van der Waals surface area contributed by atoms with Crippen LogP contribution in [0.5, 0.6) is 0 Å². The second-order valence-corrected chi connectivity index (χ2v) is 6.08. The number of likely N-dealkylation sites (tertiary alicyclic amines) is 1. The predicted molar refractivity (Wildman–Crippen MR) is 92.2 cm³/mol. The Hall–Kier alpha value is -2.37. The maximum absolute atomic E-state index is 12.3. The van der Waals surface area contributed by atoms with E-state index in [0.29, 0.717) is 25.9 Å². The molecule has 2 N–H and O–H groups in total. The fraction of sp³-hybridized carbons (Fsp3) is 0.500. The summed E-state index contributed by atoms with van der Waals surface area (Å²) in [5, 5.41) is 5.71. The fourth-order valence-corrected chi connectivity index (χ4v) is 2.88. The van der Waals surface area contributed by atoms with E-state index in [1.165, 1.54) is 6.92 Å². The van der Waals surface area contributed by atoms with Gasteiger partial charge in [0, 0.05) is 32.1 Å². The van der Waals surface area contributed by atoms with Crippen molar-refractivity contribution in [2.45, 2.75) is 52.1 Å². The minimum Gasteiger partial charge on any atom is -0.350 e. The SMILES string of the molecule is CCCC(=O)Nc1ccc(CNC(=O)C2CCCN2C(C)=O)cc1. The second kappa shape index (κ2) is 8.47. The van der Waals surface area contributed by atoms with Crippen molar-refractivity contribution in [3.8, 4) is 0 Å². The number of anilines is 1. The van der Waals surface area contributed by atoms with E-state index >= 15 is 0 Å². The van der Waals surface area contributed by atoms with Crippen molar-refractivity contribution >= 4 is 23.4 Å². The molecule has 0 aromatic heterocycles. The molecular formula is C18H25N3O3. The lowest BCUT2D eigenvalue weighted by Crippen LogP contribution is -2.44. The average Bonchev–Trinajstić information content (AvgIpc) is 3.04. The van der Waals surface area contributed by atoms with E-state index in [1.54, 1.807) is 4.90 Å². The summed E-state index contributed by atoms with van der Waals surface area (Å²) in [4.78, 5) is 36.9. The molecule has 2 rings (SSSR count). The Bertz CT molecular complexity index is 598. The highest BCUT2D eigenvalue weighted by Gasteiger charge is 2.31. The van der Waals surface area contributed by atoms with Crippen LogP contribution in [0.3, 0.4) is 0 Å². The number of carbonyl (C=O) groups is 3. The molecule has 1 atom stereocenters. The van der Waals surface area contributed by atoms with Gasteiger partial charge in [0.25, 0.3) is 0 Å². The van der Waals surface area contributed by atoms with Crippen LogP contribution in [0.25, 0.3) is 0 Å². The minimum atomic E-state index is -0.352. The van der Waals surface area contributed by atoms with E-state index in [0.717, 1.165) is 24.1 Å². The number of hydrogen-bond donors (Lipinski definition) is 2. The highest BCUT2D eigenvalue weighted by Crippen LogP contribution is 2.17. The monoisotopic (exact) mass is 331 g/mol. The van der Waals surface area contributed by atoms with Gasteiger partial charge in [-0.15, -0.1) is 0 Å². The van der Waals surface area contributed by atoms with Crippen molar-refractivity contribution in [1.82, 2.24) is 10.2 Å². The van der Waals surface area contributed by atoms with Crippen LogP contribution >= 0.6 is 0 Å². The molecule has 1 aromatic rings. The van der Waals surface area contributed by atoms with Crippen molar-refractivity contribution in [2.24, 2.45) is 0 Å². The molecular weight excluding hydrogens is 306 g/mol. The van der Waals surface area contributed by atoms with E-state index < -0.39 is 0 Å². The summed E-state index contributed by atoms with van der Waals surface area (Å²) in [5.74, 6) is -0.160. The Morgan fingerprint density at radius 2 is 1.92 bits per heavy atom. The van der Waals surface area contributed by atoms with Crippen molar-refractivity contribution < 1.29 is 14.4 Å². The lowest BCUT2D eigenvalue weighted by molar-refractivity contribution is -0.136. The highest BCUT2D eigenvalue weighted by molar-refractivity contribution is 5.90. The Balaban J connectivity index is 1.84. The lowest BCUT2D eigenvalue weighted by Gasteiger charge is -2.22. The van der Waals surface area contributed by atoms with Gasteiger partial charge in [-0.1, -0.05) is 19.1 Å². The molecule has 24 heavy (non-hydrogen) atoms. The molecule has 6 heteroatoms. The van der Waals surface area contributed by atoms with Gasteiger partial charge in [0.1, 0.15) is 6.04 Å². The molecule has 0 bridgehead atoms. The topological polar surface area (TPSA) is 78.5 Å². The highest BCUT2D eigenvalue weighted by atomic mass is 16.2. The first kappa shape index (κ1) is 18.0. The Labute approximate surface area is 142 Å². The van der Waals surface area contributed by atoms with Crippen molar-refractivity contribution in [2.75, 3.05) is 11.9 Å². The number of nitrogens with zero attached hydrogens (tertiary/aromatic N) is 1. The van der Waals surface area contributed by atoms with Crippen molar-refractivity contribution in [1.29, 1.82) is 0 Å². The number of hydrogen-bond acceptors (Lipinski definition) is 3. The van der Waals surface area contributed by atoms with E-state index in [9.17, 15) is 14.4 Å². The summed E-state index contributed by atoms with van der Waals surface area (Å²) in [6.07, 6.45) is 2.90. The van der Waals surface area contributed by atoms with Gasteiger partial charge < -0.3 is 15.5 Å². The molecule has 1 saturated heterocycles. The number of rotatable bonds is 6. The standard InChI is InChI=1S/C18H25N3O3/c1-3-5-17(23)20-15-9-7-14(8-10-15)12-19-18(24)16-6-4-11-21(16)13(2)22/h7-10,16H,3-6,11-12H2,1-2H3,(H,19,24)(H,20,23). The van der Waals surface area contributed by atoms with Crippen LogP contribution in [0.1, 0.15) is 45.1 Å². The smallest absolute Gasteiger partial charge is 0.243 e. The molecule has 130 valence electrons. The van der Waals surface area contributed by atoms with Crippen LogP contribution in [0, 0.1) is 0 Å². The molecule has 0 aliphatic carbocycles. The zero-order chi connectivity index (χ0) is 17.5. The number of benzene rings is 1. The maximum Gasteiger partial charge on any atom is 0.243 e. The van der Waals surface area contributed by atoms with Gasteiger partial charge in [-0.3, -0.25) is 14.4 Å². The molecule has 0 radical (unpaired) electrons. The zero-order valence-electron chi connectivity index (χ0n) is 14.3. The molecule has 1 unspecified atom stereocenters. The summed E-state index contributed by atoms with van der Waals surface area (Å²) in [6, 6.07) is 7.05. The molecule has 1 fully saturated rings. The minimum absolute atomic E-state index is 0.00381. The third-order valence-corrected chi connectivity index (χ3v) is 4.14. The molecule has 0 spiro atoms. The van der Waals surface area contributed by atoms with Crippen molar-refractivity contribution in [3.05, 3.63) is 29.8 Å². The van der Waals surface area contributed by atoms with Crippen LogP contribution in [0.2, 0.25) is 0 Å². The largest absolute Gasteiger partial charge is 0.350 e. The van der Waals surface area contributed by atoms with Gasteiger partial charge >= 0.3 is 0 Å². The predicted octanol–water partition coefficient (Wildman–Crippen LogP) is 2.05. The maximum atomic E-state index is 12.3. The van der Waals surface area contributed by atoms with Gasteiger partial charge in [-0.2, -0.15) is 0 Å². The first-order valence-corrected chi connectivity index (χ1v) is 8.45. The lowest BCUT2D eigenvalue weighted by atomic mass is 10.1. The number of nitrogens with one attached hydrogen (secondary N) is 2. The van der Waals surface area contributed by atoms with E-state index in [-0.39, 0.29) is 23.8 Å². The molecule has 1 aromatic carbocycles. The van der Waals surface area contributed by atoms with E-state index in [2.05, 4.69) is 10.6 Å². The first-order chi connectivity index (χ1) is 11.5. The van der Waals surface area contributed by atoms with Crippen LogP contribution in [-0.2, 0) is 20.9 Å². The Morgan fingerprint density at radius 1 is 1.21 bits per heavy atom. The first-order valence-electron chi connectivity index (χ1n) is 8.45. The summed E-state index contributed by atoms with van der Waals surface area (Å²) < 4.78 is 0. The molecule has 1 aliphatic heterocycles. The summed E-state index contributed by atoms with van der Waals surface area (Å²) >= 11 is 0. The number of carbonyl (C=O) groups excluding carboxylic acids is 3. The molecule has 1 heterocycles. The zero-order valence-corrected chi connectivity index (χ0v) is 14.3. The quantitative estimate of drug-likeness (QED) is 0.837. The van der Waals surface area contributed by atoms with Crippen LogP contribution in [0.15, 0.2) is 24.3 Å². The molecule has 6 nitrogen and oxygen atoms in total.